The average Bonchev–Trinajstić information content (AvgIpc) is 0.750. The van der Waals surface area contributed by atoms with Crippen molar-refractivity contribution in [3.8, 4) is 0 Å². The number of rotatable bonds is 44. The number of esters is 7. The molecular weight excluding hydrogens is 1820 g/mol. The monoisotopic (exact) mass is 1920 g/mol. The van der Waals surface area contributed by atoms with Gasteiger partial charge in [-0.15, -0.1) is 0 Å². The van der Waals surface area contributed by atoms with E-state index in [0.29, 0.717) is 38.9 Å². The average molecular weight is 1920 g/mol. The summed E-state index contributed by atoms with van der Waals surface area (Å²) < 4.78 is 153. The second-order valence-corrected chi connectivity index (χ2v) is 32.8. The Balaban J connectivity index is 0.890. The number of azide groups is 3. The molecule has 0 aliphatic carbocycles. The van der Waals surface area contributed by atoms with Crippen LogP contribution in [0.15, 0.2) is 288 Å². The molecule has 39 heteroatoms. The van der Waals surface area contributed by atoms with Gasteiger partial charge in [-0.1, -0.05) is 264 Å². The highest BCUT2D eigenvalue weighted by Gasteiger charge is 2.63. The van der Waals surface area contributed by atoms with Gasteiger partial charge >= 0.3 is 41.8 Å². The van der Waals surface area contributed by atoms with E-state index in [1.165, 1.54) is 38.3 Å². The van der Waals surface area contributed by atoms with E-state index in [4.69, 9.17) is 109 Å². The first-order chi connectivity index (χ1) is 68.3. The number of ether oxygens (including phenoxy) is 23. The van der Waals surface area contributed by atoms with Crippen LogP contribution >= 0.6 is 0 Å². The van der Waals surface area contributed by atoms with E-state index in [0.717, 1.165) is 21.0 Å². The third-order valence-corrected chi connectivity index (χ3v) is 23.2. The Kier molecular flexibility index (Phi) is 38.0. The lowest BCUT2D eigenvalue weighted by Crippen LogP contribution is -2.69. The molecule has 0 unspecified atom stereocenters. The van der Waals surface area contributed by atoms with E-state index in [-0.39, 0.29) is 44.2 Å². The molecule has 9 aromatic rings. The van der Waals surface area contributed by atoms with E-state index in [9.17, 15) is 35.8 Å². The lowest BCUT2D eigenvalue weighted by Gasteiger charge is -2.51. The van der Waals surface area contributed by atoms with Crippen molar-refractivity contribution in [2.75, 3.05) is 34.0 Å². The van der Waals surface area contributed by atoms with Crippen LogP contribution < -0.4 is 0 Å². The first-order valence-electron chi connectivity index (χ1n) is 45.0. The van der Waals surface area contributed by atoms with Crippen LogP contribution in [0.1, 0.15) is 80.4 Å². The van der Waals surface area contributed by atoms with Crippen molar-refractivity contribution >= 4 is 41.8 Å². The van der Waals surface area contributed by atoms with Crippen molar-refractivity contribution in [1.29, 1.82) is 0 Å². The zero-order valence-corrected chi connectivity index (χ0v) is 76.8. The van der Waals surface area contributed by atoms with Crippen LogP contribution in [-0.4, -0.2) is 229 Å². The summed E-state index contributed by atoms with van der Waals surface area (Å²) in [4.78, 5) is 111. The molecule has 140 heavy (non-hydrogen) atoms. The highest BCUT2D eigenvalue weighted by molar-refractivity contribution is 5.90. The van der Waals surface area contributed by atoms with Gasteiger partial charge in [0.05, 0.1) is 57.9 Å². The lowest BCUT2D eigenvalue weighted by molar-refractivity contribution is -0.382. The number of methoxy groups -OCH3 is 2. The predicted molar refractivity (Wildman–Crippen MR) is 488 cm³/mol. The number of hydrogen-bond donors (Lipinski definition) is 0. The molecule has 734 valence electrons. The number of hydrogen-bond acceptors (Lipinski definition) is 33. The van der Waals surface area contributed by atoms with Crippen molar-refractivity contribution in [3.63, 3.8) is 0 Å². The molecule has 5 fully saturated rings. The highest BCUT2D eigenvalue weighted by Crippen LogP contribution is 2.43. The van der Waals surface area contributed by atoms with Crippen molar-refractivity contribution in [3.05, 3.63) is 354 Å². The summed E-state index contributed by atoms with van der Waals surface area (Å²) in [5, 5.41) is 12.6. The maximum atomic E-state index is 16.1. The molecule has 25 atom stereocenters. The minimum Gasteiger partial charge on any atom is -0.467 e. The standard InChI is InChI=1S/C101H105N9O30/c1-61(111)120-58-73-79(122-51-64-33-15-6-16-34-64)82(123-52-65-35-17-7-18-36-65)77(106-109-103)98(132-73)137-87-85(125-54-67-39-21-9-22-40-67)91(127-56-69-43-25-11-26-44-69)100(140-90(87)96(117)128-57-70-45-27-12-28-46-70)136-81-74(59-121-62(2)112)133-99(78(107-110-104)84(81)130-63(3)113)138-88-86(126-55-68-41-23-10-24-42-68)92(134-94(115)72-49-31-14-32-50-72)101(139-89(88)95(116)118-4)135-80-75(60-129-93(114)71-47-29-13-30-48-71)131-97(119-5)76(105-108-102)83(80)124-53-66-37-19-8-20-38-66/h6-50,73-92,97-101H,51-60H2,1-5H3/t73-,74-,75-,76-,77-,78-,79-,80-,81-,82-,83-,84+,85+,86+,87+,88+,89-,90+,91-,92-,97+,98+,99-,100-,101-/m1/s1. The van der Waals surface area contributed by atoms with Gasteiger partial charge in [0.2, 0.25) is 0 Å². The van der Waals surface area contributed by atoms with E-state index in [1.807, 2.05) is 48.5 Å². The summed E-state index contributed by atoms with van der Waals surface area (Å²) in [6.07, 6.45) is -39.9. The molecular formula is C101H105N9O30. The molecule has 9 aromatic carbocycles. The molecule has 5 saturated heterocycles. The Bertz CT molecular complexity index is 5610. The van der Waals surface area contributed by atoms with Crippen LogP contribution in [0.25, 0.3) is 31.3 Å². The lowest BCUT2D eigenvalue weighted by atomic mass is 9.93. The zero-order valence-electron chi connectivity index (χ0n) is 76.8. The fraction of sp³-hybridized carbons (Fsp3) is 0.396. The number of carbonyl (C=O) groups is 7. The Morgan fingerprint density at radius 1 is 0.279 bits per heavy atom. The van der Waals surface area contributed by atoms with Crippen molar-refractivity contribution < 1.29 is 143 Å². The quantitative estimate of drug-likeness (QED) is 0.0112. The number of benzene rings is 9. The molecule has 39 nitrogen and oxygen atoms in total. The van der Waals surface area contributed by atoms with Crippen molar-refractivity contribution in [2.45, 2.75) is 220 Å². The molecule has 0 spiro atoms. The number of carbonyl (C=O) groups excluding carboxylic acids is 7. The minimum atomic E-state index is -2.21. The SMILES string of the molecule is COC(=O)[C@@H]1O[C@@H](O[C@H]2[C@H](OCc3ccccc3)[C@@H](N=[N+]=[N-])[C@@H](OC)O[C@@H]2COC(=O)c2ccccc2)[C@H](OC(=O)c2ccccc2)[C@@H](OCc2ccccc2)[C@@H]1O[C@H]1O[C@H](COC(C)=O)[C@@H](O[C@@H]2O[C@H](C(=O)OCc3ccccc3)[C@@H](O[C@@H]3O[C@H](COC(C)=O)[C@@H](OCc4ccccc4)[C@H](OCc4ccccc4)[C@H]3N=[N+]=[N-])[C@H](OCc3ccccc3)[C@H]2OCc2ccccc2)[C@@H](OC(C)=O)[C@H]1N=[N+]=[N-]. The van der Waals surface area contributed by atoms with Crippen LogP contribution in [0.2, 0.25) is 0 Å². The Hall–Kier alpha value is -13.4. The van der Waals surface area contributed by atoms with Crippen LogP contribution in [0.4, 0.5) is 0 Å². The predicted octanol–water partition coefficient (Wildman–Crippen LogP) is 13.4. The largest absolute Gasteiger partial charge is 0.467 e. The zero-order chi connectivity index (χ0) is 98.1. The van der Waals surface area contributed by atoms with Gasteiger partial charge in [0, 0.05) is 42.6 Å². The Morgan fingerprint density at radius 2 is 0.579 bits per heavy atom. The fourth-order valence-corrected chi connectivity index (χ4v) is 16.6. The van der Waals surface area contributed by atoms with Gasteiger partial charge in [-0.05, 0) is 79.8 Å². The maximum Gasteiger partial charge on any atom is 0.338 e. The van der Waals surface area contributed by atoms with E-state index >= 15 is 14.4 Å². The summed E-state index contributed by atoms with van der Waals surface area (Å²) in [5.41, 5.74) is 36.4. The summed E-state index contributed by atoms with van der Waals surface area (Å²) in [7, 11) is 2.29. The van der Waals surface area contributed by atoms with Gasteiger partial charge in [0.15, 0.2) is 49.8 Å². The van der Waals surface area contributed by atoms with E-state index < -0.39 is 228 Å². The molecule has 5 aliphatic rings. The van der Waals surface area contributed by atoms with Crippen LogP contribution in [0.3, 0.4) is 0 Å². The van der Waals surface area contributed by atoms with E-state index in [2.05, 4.69) is 30.1 Å². The second kappa shape index (κ2) is 52.0. The second-order valence-electron chi connectivity index (χ2n) is 32.8. The van der Waals surface area contributed by atoms with Gasteiger partial charge in [-0.25, -0.2) is 19.2 Å². The third-order valence-electron chi connectivity index (χ3n) is 23.2. The fourth-order valence-electron chi connectivity index (χ4n) is 16.6. The maximum absolute atomic E-state index is 16.1. The van der Waals surface area contributed by atoms with Crippen molar-refractivity contribution in [1.82, 2.24) is 0 Å². The molecule has 0 aromatic heterocycles. The van der Waals surface area contributed by atoms with E-state index in [1.54, 1.807) is 200 Å². The smallest absolute Gasteiger partial charge is 0.338 e. The molecule has 0 amide bonds. The number of nitrogens with zero attached hydrogens (tertiary/aromatic N) is 9. The van der Waals surface area contributed by atoms with Gasteiger partial charge in [-0.3, -0.25) is 14.4 Å². The molecule has 0 N–H and O–H groups in total. The molecule has 5 heterocycles. The van der Waals surface area contributed by atoms with Crippen molar-refractivity contribution in [2.24, 2.45) is 15.3 Å². The summed E-state index contributed by atoms with van der Waals surface area (Å²) in [5.74, 6) is -7.00. The summed E-state index contributed by atoms with van der Waals surface area (Å²) in [6.45, 7) is -0.601. The van der Waals surface area contributed by atoms with Gasteiger partial charge in [0.1, 0.15) is 130 Å². The first kappa shape index (κ1) is 102. The molecule has 5 aliphatic heterocycles. The Labute approximate surface area is 804 Å². The molecule has 0 bridgehead atoms. The van der Waals surface area contributed by atoms with Gasteiger partial charge in [-0.2, -0.15) is 0 Å². The topological polar surface area (TPSA) is 478 Å². The summed E-state index contributed by atoms with van der Waals surface area (Å²) in [6, 6.07) is 72.1. The van der Waals surface area contributed by atoms with Gasteiger partial charge in [0.25, 0.3) is 0 Å². The molecule has 0 saturated carbocycles. The summed E-state index contributed by atoms with van der Waals surface area (Å²) >= 11 is 0. The Morgan fingerprint density at radius 3 is 0.964 bits per heavy atom. The first-order valence-corrected chi connectivity index (χ1v) is 45.0. The molecule has 14 rings (SSSR count). The van der Waals surface area contributed by atoms with Crippen LogP contribution in [0, 0.1) is 0 Å². The minimum absolute atomic E-state index is 0.0479. The van der Waals surface area contributed by atoms with Gasteiger partial charge < -0.3 is 109 Å². The van der Waals surface area contributed by atoms with Crippen LogP contribution in [0.5, 0.6) is 0 Å². The highest BCUT2D eigenvalue weighted by atomic mass is 16.8. The normalized spacial score (nSPS) is 27.5. The third kappa shape index (κ3) is 27.8. The molecule has 0 radical (unpaired) electrons. The van der Waals surface area contributed by atoms with Crippen LogP contribution in [-0.2, 0) is 179 Å².